The van der Waals surface area contributed by atoms with E-state index in [0.29, 0.717) is 34.6 Å². The van der Waals surface area contributed by atoms with Crippen LogP contribution in [0.15, 0.2) is 16.9 Å². The molecule has 1 aromatic heterocycles. The smallest absolute Gasteiger partial charge is 0.262 e. The number of sulfone groups is 1. The van der Waals surface area contributed by atoms with E-state index in [9.17, 15) is 18.0 Å². The van der Waals surface area contributed by atoms with E-state index in [4.69, 9.17) is 9.47 Å². The minimum absolute atomic E-state index is 0.0656. The summed E-state index contributed by atoms with van der Waals surface area (Å²) in [4.78, 5) is 29.5. The maximum atomic E-state index is 12.8. The molecule has 1 amide bonds. The Kier molecular flexibility index (Phi) is 5.09. The molecule has 146 valence electrons. The van der Waals surface area contributed by atoms with Crippen molar-refractivity contribution in [2.75, 3.05) is 25.7 Å². The van der Waals surface area contributed by atoms with Gasteiger partial charge in [0, 0.05) is 12.1 Å². The predicted octanol–water partition coefficient (Wildman–Crippen LogP) is 0.0254. The summed E-state index contributed by atoms with van der Waals surface area (Å²) in [7, 11) is -0.138. The van der Waals surface area contributed by atoms with E-state index in [0.717, 1.165) is 0 Å². The van der Waals surface area contributed by atoms with Gasteiger partial charge in [-0.3, -0.25) is 14.2 Å². The van der Waals surface area contributed by atoms with Crippen LogP contribution in [0.1, 0.15) is 12.2 Å². The molecule has 1 N–H and O–H groups in total. The zero-order chi connectivity index (χ0) is 19.8. The molecule has 1 fully saturated rings. The van der Waals surface area contributed by atoms with Crippen LogP contribution >= 0.6 is 0 Å². The minimum atomic E-state index is -3.09. The second-order valence-corrected chi connectivity index (χ2v) is 8.67. The van der Waals surface area contributed by atoms with E-state index in [1.165, 1.54) is 24.9 Å². The number of carbonyl (C=O) groups is 1. The van der Waals surface area contributed by atoms with Gasteiger partial charge in [-0.2, -0.15) is 0 Å². The van der Waals surface area contributed by atoms with Crippen LogP contribution < -0.4 is 20.3 Å². The van der Waals surface area contributed by atoms with Gasteiger partial charge in [0.15, 0.2) is 21.3 Å². The normalized spacial score (nSPS) is 18.4. The lowest BCUT2D eigenvalue weighted by Crippen LogP contribution is -2.40. The van der Waals surface area contributed by atoms with Crippen molar-refractivity contribution in [1.29, 1.82) is 0 Å². The SMILES string of the molecule is COc1cc2nc(C)n(CC(=O)N[C@@H]3CCS(=O)(=O)C3)c(=O)c2cc1OC. The molecular weight excluding hydrogens is 374 g/mol. The molecular formula is C17H21N3O6S. The lowest BCUT2D eigenvalue weighted by atomic mass is 10.2. The Bertz CT molecular complexity index is 1060. The zero-order valence-corrected chi connectivity index (χ0v) is 16.1. The summed E-state index contributed by atoms with van der Waals surface area (Å²) >= 11 is 0. The Balaban J connectivity index is 1.90. The van der Waals surface area contributed by atoms with Gasteiger partial charge < -0.3 is 14.8 Å². The van der Waals surface area contributed by atoms with Crippen LogP contribution in [0.25, 0.3) is 10.9 Å². The fourth-order valence-electron chi connectivity index (χ4n) is 3.17. The van der Waals surface area contributed by atoms with Crippen molar-refractivity contribution in [1.82, 2.24) is 14.9 Å². The number of carbonyl (C=O) groups excluding carboxylic acids is 1. The van der Waals surface area contributed by atoms with Gasteiger partial charge >= 0.3 is 0 Å². The Morgan fingerprint density at radius 1 is 1.30 bits per heavy atom. The maximum absolute atomic E-state index is 12.8. The number of nitrogens with one attached hydrogen (secondary N) is 1. The van der Waals surface area contributed by atoms with Crippen molar-refractivity contribution in [2.24, 2.45) is 0 Å². The topological polar surface area (TPSA) is 117 Å². The van der Waals surface area contributed by atoms with Crippen LogP contribution in [0.5, 0.6) is 11.5 Å². The number of aromatic nitrogens is 2. The molecule has 9 nitrogen and oxygen atoms in total. The van der Waals surface area contributed by atoms with Gasteiger partial charge in [-0.05, 0) is 19.4 Å². The number of methoxy groups -OCH3 is 2. The molecule has 1 saturated heterocycles. The highest BCUT2D eigenvalue weighted by atomic mass is 32.2. The number of ether oxygens (including phenoxy) is 2. The van der Waals surface area contributed by atoms with Crippen LogP contribution in [0.2, 0.25) is 0 Å². The first-order valence-corrected chi connectivity index (χ1v) is 10.2. The Morgan fingerprint density at radius 2 is 1.96 bits per heavy atom. The fourth-order valence-corrected chi connectivity index (χ4v) is 4.84. The predicted molar refractivity (Wildman–Crippen MR) is 99.0 cm³/mol. The van der Waals surface area contributed by atoms with Crippen molar-refractivity contribution < 1.29 is 22.7 Å². The minimum Gasteiger partial charge on any atom is -0.493 e. The fraction of sp³-hybridized carbons (Fsp3) is 0.471. The summed E-state index contributed by atoms with van der Waals surface area (Å²) in [6.45, 7) is 1.39. The molecule has 2 heterocycles. The molecule has 1 aliphatic rings. The summed E-state index contributed by atoms with van der Waals surface area (Å²) < 4.78 is 34.7. The summed E-state index contributed by atoms with van der Waals surface area (Å²) in [6.07, 6.45) is 0.384. The van der Waals surface area contributed by atoms with Gasteiger partial charge in [-0.1, -0.05) is 0 Å². The van der Waals surface area contributed by atoms with Crippen LogP contribution in [0.3, 0.4) is 0 Å². The number of hydrogen-bond donors (Lipinski definition) is 1. The Morgan fingerprint density at radius 3 is 2.56 bits per heavy atom. The highest BCUT2D eigenvalue weighted by Crippen LogP contribution is 2.30. The van der Waals surface area contributed by atoms with E-state index < -0.39 is 21.8 Å². The monoisotopic (exact) mass is 395 g/mol. The van der Waals surface area contributed by atoms with Crippen LogP contribution in [-0.2, 0) is 21.2 Å². The molecule has 27 heavy (non-hydrogen) atoms. The van der Waals surface area contributed by atoms with Gasteiger partial charge in [0.1, 0.15) is 12.4 Å². The van der Waals surface area contributed by atoms with E-state index in [1.807, 2.05) is 0 Å². The van der Waals surface area contributed by atoms with E-state index in [1.54, 1.807) is 13.0 Å². The van der Waals surface area contributed by atoms with Crippen LogP contribution in [0.4, 0.5) is 0 Å². The average molecular weight is 395 g/mol. The number of nitrogens with zero attached hydrogens (tertiary/aromatic N) is 2. The lowest BCUT2D eigenvalue weighted by molar-refractivity contribution is -0.122. The number of rotatable bonds is 5. The molecule has 0 saturated carbocycles. The third kappa shape index (κ3) is 3.90. The molecule has 0 bridgehead atoms. The molecule has 2 aromatic rings. The lowest BCUT2D eigenvalue weighted by Gasteiger charge is -2.15. The number of benzene rings is 1. The summed E-state index contributed by atoms with van der Waals surface area (Å²) in [5.74, 6) is 0.780. The third-order valence-corrected chi connectivity index (χ3v) is 6.32. The quantitative estimate of drug-likeness (QED) is 0.759. The number of amides is 1. The molecule has 0 spiro atoms. The summed E-state index contributed by atoms with van der Waals surface area (Å²) in [5.41, 5.74) is 0.0568. The molecule has 1 aliphatic heterocycles. The standard InChI is InChI=1S/C17H21N3O6S/c1-10-18-13-7-15(26-3)14(25-2)6-12(13)17(22)20(10)8-16(21)19-11-4-5-27(23,24)9-11/h6-7,11H,4-5,8-9H2,1-3H3,(H,19,21)/t11-/m1/s1. The van der Waals surface area contributed by atoms with Crippen molar-refractivity contribution in [3.05, 3.63) is 28.3 Å². The van der Waals surface area contributed by atoms with Crippen LogP contribution in [-0.4, -0.2) is 55.6 Å². The van der Waals surface area contributed by atoms with Gasteiger partial charge in [-0.25, -0.2) is 13.4 Å². The molecule has 0 unspecified atom stereocenters. The Hall–Kier alpha value is -2.62. The Labute approximate surface area is 156 Å². The molecule has 3 rings (SSSR count). The number of hydrogen-bond acceptors (Lipinski definition) is 7. The average Bonchev–Trinajstić information content (AvgIpc) is 2.95. The zero-order valence-electron chi connectivity index (χ0n) is 15.3. The van der Waals surface area contributed by atoms with E-state index in [2.05, 4.69) is 10.3 Å². The molecule has 1 aromatic carbocycles. The summed E-state index contributed by atoms with van der Waals surface area (Å²) in [6, 6.07) is 2.72. The van der Waals surface area contributed by atoms with Gasteiger partial charge in [0.05, 0.1) is 36.6 Å². The second kappa shape index (κ2) is 7.18. The molecule has 0 aliphatic carbocycles. The van der Waals surface area contributed by atoms with Gasteiger partial charge in [0.25, 0.3) is 5.56 Å². The largest absolute Gasteiger partial charge is 0.493 e. The number of fused-ring (bicyclic) bond motifs is 1. The highest BCUT2D eigenvalue weighted by Gasteiger charge is 2.29. The summed E-state index contributed by atoms with van der Waals surface area (Å²) in [5, 5.41) is 2.98. The third-order valence-electron chi connectivity index (χ3n) is 4.55. The molecule has 0 radical (unpaired) electrons. The first kappa shape index (κ1) is 19.2. The van der Waals surface area contributed by atoms with Crippen molar-refractivity contribution in [3.8, 4) is 11.5 Å². The van der Waals surface area contributed by atoms with Crippen molar-refractivity contribution >= 4 is 26.6 Å². The van der Waals surface area contributed by atoms with Crippen molar-refractivity contribution in [2.45, 2.75) is 25.9 Å². The van der Waals surface area contributed by atoms with Gasteiger partial charge in [0.2, 0.25) is 5.91 Å². The van der Waals surface area contributed by atoms with E-state index >= 15 is 0 Å². The first-order valence-electron chi connectivity index (χ1n) is 8.37. The maximum Gasteiger partial charge on any atom is 0.262 e. The van der Waals surface area contributed by atoms with Crippen molar-refractivity contribution in [3.63, 3.8) is 0 Å². The van der Waals surface area contributed by atoms with E-state index in [-0.39, 0.29) is 23.6 Å². The molecule has 1 atom stereocenters. The van der Waals surface area contributed by atoms with Crippen LogP contribution in [0, 0.1) is 6.92 Å². The molecule has 10 heteroatoms. The highest BCUT2D eigenvalue weighted by molar-refractivity contribution is 7.91. The van der Waals surface area contributed by atoms with Gasteiger partial charge in [-0.15, -0.1) is 0 Å². The second-order valence-electron chi connectivity index (χ2n) is 6.44. The first-order chi connectivity index (χ1) is 12.7. The number of aryl methyl sites for hydroxylation is 1.